The molecule has 0 spiro atoms. The van der Waals surface area contributed by atoms with E-state index in [0.29, 0.717) is 41.8 Å². The summed E-state index contributed by atoms with van der Waals surface area (Å²) in [5.74, 6) is 1.01. The zero-order chi connectivity index (χ0) is 17.9. The Bertz CT molecular complexity index is 957. The van der Waals surface area contributed by atoms with Crippen molar-refractivity contribution in [1.29, 1.82) is 0 Å². The lowest BCUT2D eigenvalue weighted by atomic mass is 10.1. The number of hydrogen-bond acceptors (Lipinski definition) is 5. The van der Waals surface area contributed by atoms with Crippen LogP contribution in [0, 0.1) is 0 Å². The van der Waals surface area contributed by atoms with Crippen LogP contribution in [0.4, 0.5) is 5.13 Å². The summed E-state index contributed by atoms with van der Waals surface area (Å²) in [6.07, 6.45) is 2.44. The molecule has 26 heavy (non-hydrogen) atoms. The number of nitrogens with one attached hydrogen (secondary N) is 1. The van der Waals surface area contributed by atoms with Gasteiger partial charge in [0, 0.05) is 28.1 Å². The molecule has 0 saturated carbocycles. The highest BCUT2D eigenvalue weighted by atomic mass is 35.5. The topological polar surface area (TPSA) is 60.5 Å². The molecule has 5 nitrogen and oxygen atoms in total. The zero-order valence-electron chi connectivity index (χ0n) is 13.7. The van der Waals surface area contributed by atoms with Gasteiger partial charge in [-0.15, -0.1) is 11.3 Å². The quantitative estimate of drug-likeness (QED) is 0.721. The van der Waals surface area contributed by atoms with Gasteiger partial charge in [-0.2, -0.15) is 0 Å². The number of carbonyl (C=O) groups is 1. The van der Waals surface area contributed by atoms with Gasteiger partial charge in [0.05, 0.1) is 0 Å². The van der Waals surface area contributed by atoms with Gasteiger partial charge in [0.1, 0.15) is 13.2 Å². The third-order valence-corrected chi connectivity index (χ3v) is 5.18. The molecule has 0 aliphatic carbocycles. The van der Waals surface area contributed by atoms with Crippen LogP contribution < -0.4 is 14.8 Å². The Balaban J connectivity index is 1.45. The number of fused-ring (bicyclic) bond motifs is 1. The highest BCUT2D eigenvalue weighted by Gasteiger charge is 2.16. The fourth-order valence-electron chi connectivity index (χ4n) is 2.63. The van der Waals surface area contributed by atoms with Crippen molar-refractivity contribution in [2.24, 2.45) is 0 Å². The number of ether oxygens (including phenoxy) is 2. The molecule has 1 aliphatic rings. The molecular formula is C19H15ClN2O3S. The SMILES string of the molecule is O=C(Nc1ncc(Cc2ccccc2Cl)s1)c1ccc2c(c1)OCCO2. The molecule has 0 radical (unpaired) electrons. The fraction of sp³-hybridized carbons (Fsp3) is 0.158. The van der Waals surface area contributed by atoms with Crippen molar-refractivity contribution >= 4 is 34.0 Å². The van der Waals surface area contributed by atoms with Crippen molar-refractivity contribution in [3.05, 3.63) is 69.7 Å². The van der Waals surface area contributed by atoms with Crippen molar-refractivity contribution in [3.63, 3.8) is 0 Å². The molecule has 0 fully saturated rings. The number of amides is 1. The van der Waals surface area contributed by atoms with Crippen LogP contribution in [0.2, 0.25) is 5.02 Å². The lowest BCUT2D eigenvalue weighted by molar-refractivity contribution is 0.102. The molecule has 132 valence electrons. The van der Waals surface area contributed by atoms with Gasteiger partial charge in [0.25, 0.3) is 5.91 Å². The van der Waals surface area contributed by atoms with E-state index in [4.69, 9.17) is 21.1 Å². The Morgan fingerprint density at radius 1 is 1.15 bits per heavy atom. The molecule has 7 heteroatoms. The first-order chi connectivity index (χ1) is 12.7. The molecular weight excluding hydrogens is 372 g/mol. The highest BCUT2D eigenvalue weighted by Crippen LogP contribution is 2.31. The Morgan fingerprint density at radius 3 is 2.81 bits per heavy atom. The van der Waals surface area contributed by atoms with Gasteiger partial charge in [-0.1, -0.05) is 29.8 Å². The predicted molar refractivity (Wildman–Crippen MR) is 102 cm³/mol. The lowest BCUT2D eigenvalue weighted by Crippen LogP contribution is -2.17. The summed E-state index contributed by atoms with van der Waals surface area (Å²) in [5, 5.41) is 4.10. The number of aromatic nitrogens is 1. The third kappa shape index (κ3) is 3.66. The molecule has 0 unspecified atom stereocenters. The van der Waals surface area contributed by atoms with Gasteiger partial charge >= 0.3 is 0 Å². The second-order valence-electron chi connectivity index (χ2n) is 5.71. The molecule has 3 aromatic rings. The van der Waals surface area contributed by atoms with Crippen molar-refractivity contribution < 1.29 is 14.3 Å². The first-order valence-electron chi connectivity index (χ1n) is 8.08. The maximum absolute atomic E-state index is 12.5. The molecule has 1 aliphatic heterocycles. The number of rotatable bonds is 4. The number of halogens is 1. The maximum Gasteiger partial charge on any atom is 0.257 e. The van der Waals surface area contributed by atoms with Crippen LogP contribution >= 0.6 is 22.9 Å². The number of thiazole rings is 1. The minimum Gasteiger partial charge on any atom is -0.486 e. The van der Waals surface area contributed by atoms with E-state index < -0.39 is 0 Å². The molecule has 1 N–H and O–H groups in total. The van der Waals surface area contributed by atoms with Crippen molar-refractivity contribution in [1.82, 2.24) is 4.98 Å². The molecule has 1 aromatic heterocycles. The summed E-state index contributed by atoms with van der Waals surface area (Å²) in [5.41, 5.74) is 1.53. The van der Waals surface area contributed by atoms with E-state index in [9.17, 15) is 4.79 Å². The largest absolute Gasteiger partial charge is 0.486 e. The Morgan fingerprint density at radius 2 is 1.96 bits per heavy atom. The van der Waals surface area contributed by atoms with Crippen molar-refractivity contribution in [2.75, 3.05) is 18.5 Å². The van der Waals surface area contributed by atoms with Gasteiger partial charge in [0.2, 0.25) is 0 Å². The Kier molecular flexibility index (Phi) is 4.77. The average Bonchev–Trinajstić information content (AvgIpc) is 3.10. The lowest BCUT2D eigenvalue weighted by Gasteiger charge is -2.18. The van der Waals surface area contributed by atoms with Gasteiger partial charge in [-0.3, -0.25) is 10.1 Å². The summed E-state index contributed by atoms with van der Waals surface area (Å²) in [6, 6.07) is 12.8. The maximum atomic E-state index is 12.5. The number of anilines is 1. The predicted octanol–water partition coefficient (Wildman–Crippen LogP) is 4.41. The minimum absolute atomic E-state index is 0.236. The van der Waals surface area contributed by atoms with Gasteiger partial charge in [-0.05, 0) is 29.8 Å². The van der Waals surface area contributed by atoms with E-state index in [1.807, 2.05) is 24.3 Å². The smallest absolute Gasteiger partial charge is 0.257 e. The standard InChI is InChI=1S/C19H15ClN2O3S/c20-15-4-2-1-3-12(15)9-14-11-21-19(26-14)22-18(23)13-5-6-16-17(10-13)25-8-7-24-16/h1-6,10-11H,7-9H2,(H,21,22,23). The molecule has 0 atom stereocenters. The molecule has 4 rings (SSSR count). The van der Waals surface area contributed by atoms with Gasteiger partial charge < -0.3 is 9.47 Å². The average molecular weight is 387 g/mol. The van der Waals surface area contributed by atoms with Crippen molar-refractivity contribution in [2.45, 2.75) is 6.42 Å². The van der Waals surface area contributed by atoms with Gasteiger partial charge in [0.15, 0.2) is 16.6 Å². The number of hydrogen-bond donors (Lipinski definition) is 1. The summed E-state index contributed by atoms with van der Waals surface area (Å²) in [4.78, 5) is 17.8. The molecule has 0 saturated heterocycles. The number of carbonyl (C=O) groups excluding carboxylic acids is 1. The Labute approximate surface area is 159 Å². The Hall–Kier alpha value is -2.57. The molecule has 1 amide bonds. The van der Waals surface area contributed by atoms with Crippen LogP contribution in [-0.2, 0) is 6.42 Å². The van der Waals surface area contributed by atoms with E-state index in [1.165, 1.54) is 11.3 Å². The number of benzene rings is 2. The summed E-state index contributed by atoms with van der Waals surface area (Å²) < 4.78 is 11.0. The van der Waals surface area contributed by atoms with E-state index in [-0.39, 0.29) is 5.91 Å². The molecule has 0 bridgehead atoms. The first kappa shape index (κ1) is 16.9. The van der Waals surface area contributed by atoms with E-state index >= 15 is 0 Å². The van der Waals surface area contributed by atoms with Crippen LogP contribution in [0.5, 0.6) is 11.5 Å². The van der Waals surface area contributed by atoms with Crippen LogP contribution in [0.1, 0.15) is 20.8 Å². The van der Waals surface area contributed by atoms with Crippen LogP contribution in [0.3, 0.4) is 0 Å². The van der Waals surface area contributed by atoms with Crippen molar-refractivity contribution in [3.8, 4) is 11.5 Å². The van der Waals surface area contributed by atoms with E-state index in [1.54, 1.807) is 24.4 Å². The minimum atomic E-state index is -0.236. The monoisotopic (exact) mass is 386 g/mol. The summed E-state index contributed by atoms with van der Waals surface area (Å²) in [6.45, 7) is 1.00. The van der Waals surface area contributed by atoms with E-state index in [2.05, 4.69) is 10.3 Å². The van der Waals surface area contributed by atoms with Crippen LogP contribution in [0.25, 0.3) is 0 Å². The molecule has 2 aromatic carbocycles. The second kappa shape index (κ2) is 7.35. The van der Waals surface area contributed by atoms with Crippen LogP contribution in [-0.4, -0.2) is 24.1 Å². The fourth-order valence-corrected chi connectivity index (χ4v) is 3.66. The first-order valence-corrected chi connectivity index (χ1v) is 9.27. The highest BCUT2D eigenvalue weighted by molar-refractivity contribution is 7.15. The van der Waals surface area contributed by atoms with Crippen LogP contribution in [0.15, 0.2) is 48.7 Å². The number of nitrogens with zero attached hydrogens (tertiary/aromatic N) is 1. The summed E-state index contributed by atoms with van der Waals surface area (Å²) >= 11 is 7.63. The third-order valence-electron chi connectivity index (χ3n) is 3.90. The second-order valence-corrected chi connectivity index (χ2v) is 7.23. The molecule has 2 heterocycles. The van der Waals surface area contributed by atoms with E-state index in [0.717, 1.165) is 15.5 Å². The van der Waals surface area contributed by atoms with Gasteiger partial charge in [-0.25, -0.2) is 4.98 Å². The normalized spacial score (nSPS) is 12.7. The zero-order valence-corrected chi connectivity index (χ0v) is 15.3. The summed E-state index contributed by atoms with van der Waals surface area (Å²) in [7, 11) is 0.